The fourth-order valence-corrected chi connectivity index (χ4v) is 4.12. The molecule has 1 saturated heterocycles. The van der Waals surface area contributed by atoms with Crippen LogP contribution in [0, 0.1) is 5.92 Å². The minimum Gasteiger partial charge on any atom is -0.298 e. The van der Waals surface area contributed by atoms with Gasteiger partial charge in [0.1, 0.15) is 5.78 Å². The van der Waals surface area contributed by atoms with E-state index in [0.29, 0.717) is 11.5 Å². The van der Waals surface area contributed by atoms with E-state index in [1.807, 2.05) is 6.07 Å². The largest absolute Gasteiger partial charge is 0.298 e. The number of Topliss-reactive ketones (excluding diaryl/α,β-unsaturated/α-hetero) is 1. The van der Waals surface area contributed by atoms with E-state index in [9.17, 15) is 4.79 Å². The number of carbonyl (C=O) groups excluding carboxylic acids is 1. The third-order valence-corrected chi connectivity index (χ3v) is 5.22. The molecule has 1 nitrogen and oxygen atoms in total. The third-order valence-electron chi connectivity index (χ3n) is 2.14. The van der Waals surface area contributed by atoms with Crippen LogP contribution in [0.4, 0.5) is 0 Å². The van der Waals surface area contributed by atoms with Crippen LogP contribution in [0.1, 0.15) is 4.88 Å². The summed E-state index contributed by atoms with van der Waals surface area (Å²) in [5.74, 6) is 2.40. The number of thiophene rings is 1. The van der Waals surface area contributed by atoms with E-state index in [4.69, 9.17) is 0 Å². The Morgan fingerprint density at radius 1 is 1.62 bits per heavy atom. The fourth-order valence-electron chi connectivity index (χ4n) is 1.38. The van der Waals surface area contributed by atoms with Crippen molar-refractivity contribution in [1.29, 1.82) is 0 Å². The Morgan fingerprint density at radius 3 is 3.00 bits per heavy atom. The number of rotatable bonds is 2. The number of carbonyl (C=O) groups is 1. The molecule has 0 amide bonds. The lowest BCUT2D eigenvalue weighted by Gasteiger charge is -2.04. The number of ketones is 1. The molecule has 1 aromatic rings. The van der Waals surface area contributed by atoms with E-state index >= 15 is 0 Å². The molecule has 2 rings (SSSR count). The van der Waals surface area contributed by atoms with Gasteiger partial charge >= 0.3 is 0 Å². The van der Waals surface area contributed by atoms with Crippen LogP contribution in [-0.2, 0) is 11.2 Å². The maximum Gasteiger partial charge on any atom is 0.146 e. The molecule has 13 heavy (non-hydrogen) atoms. The lowest BCUT2D eigenvalue weighted by Crippen LogP contribution is -2.13. The van der Waals surface area contributed by atoms with Crippen LogP contribution in [0.3, 0.4) is 0 Å². The summed E-state index contributed by atoms with van der Waals surface area (Å²) in [6.07, 6.45) is 0.921. The Balaban J connectivity index is 2.06. The average Bonchev–Trinajstić information content (AvgIpc) is 2.65. The molecule has 4 heteroatoms. The van der Waals surface area contributed by atoms with Crippen LogP contribution in [0.15, 0.2) is 15.9 Å². The van der Waals surface area contributed by atoms with Crippen LogP contribution in [0.25, 0.3) is 0 Å². The first-order chi connectivity index (χ1) is 6.27. The van der Waals surface area contributed by atoms with Crippen molar-refractivity contribution in [3.63, 3.8) is 0 Å². The van der Waals surface area contributed by atoms with Gasteiger partial charge in [-0.3, -0.25) is 4.79 Å². The van der Waals surface area contributed by atoms with Gasteiger partial charge in [0, 0.05) is 21.0 Å². The van der Waals surface area contributed by atoms with Gasteiger partial charge in [-0.1, -0.05) is 0 Å². The first-order valence-electron chi connectivity index (χ1n) is 4.09. The van der Waals surface area contributed by atoms with E-state index in [0.717, 1.165) is 16.6 Å². The predicted molar refractivity (Wildman–Crippen MR) is 61.5 cm³/mol. The fraction of sp³-hybridized carbons (Fsp3) is 0.444. The molecule has 1 atom stereocenters. The maximum atomic E-state index is 11.4. The highest BCUT2D eigenvalue weighted by molar-refractivity contribution is 9.10. The molecular formula is C9H9BrOS2. The molecule has 0 bridgehead atoms. The summed E-state index contributed by atoms with van der Waals surface area (Å²) >= 11 is 6.97. The predicted octanol–water partition coefficient (Wildman–Crippen LogP) is 2.99. The zero-order valence-corrected chi connectivity index (χ0v) is 10.2. The summed E-state index contributed by atoms with van der Waals surface area (Å²) in [5.41, 5.74) is 0. The van der Waals surface area contributed by atoms with Crippen molar-refractivity contribution in [3.05, 3.63) is 20.8 Å². The Morgan fingerprint density at radius 2 is 2.46 bits per heavy atom. The normalized spacial score (nSPS) is 22.5. The minimum atomic E-state index is 0.264. The Labute approximate surface area is 94.0 Å². The van der Waals surface area contributed by atoms with Gasteiger partial charge < -0.3 is 0 Å². The van der Waals surface area contributed by atoms with Gasteiger partial charge in [0.15, 0.2) is 0 Å². The second-order valence-corrected chi connectivity index (χ2v) is 5.96. The van der Waals surface area contributed by atoms with Crippen LogP contribution >= 0.6 is 39.0 Å². The second-order valence-electron chi connectivity index (χ2n) is 3.07. The lowest BCUT2D eigenvalue weighted by molar-refractivity contribution is -0.119. The molecule has 0 spiro atoms. The lowest BCUT2D eigenvalue weighted by atomic mass is 10.0. The van der Waals surface area contributed by atoms with Gasteiger partial charge in [-0.15, -0.1) is 11.3 Å². The highest BCUT2D eigenvalue weighted by atomic mass is 79.9. The Kier molecular flexibility index (Phi) is 3.11. The average molecular weight is 277 g/mol. The molecule has 0 aromatic carbocycles. The van der Waals surface area contributed by atoms with Crippen molar-refractivity contribution in [2.75, 3.05) is 11.5 Å². The smallest absolute Gasteiger partial charge is 0.146 e. The topological polar surface area (TPSA) is 17.1 Å². The zero-order valence-electron chi connectivity index (χ0n) is 6.96. The first kappa shape index (κ1) is 9.74. The highest BCUT2D eigenvalue weighted by Gasteiger charge is 2.25. The third kappa shape index (κ3) is 2.17. The summed E-state index contributed by atoms with van der Waals surface area (Å²) in [6.45, 7) is 0. The number of halogens is 1. The van der Waals surface area contributed by atoms with E-state index in [1.54, 1.807) is 23.1 Å². The van der Waals surface area contributed by atoms with Gasteiger partial charge in [-0.05, 0) is 33.8 Å². The van der Waals surface area contributed by atoms with Crippen LogP contribution in [0.5, 0.6) is 0 Å². The molecule has 0 radical (unpaired) electrons. The first-order valence-corrected chi connectivity index (χ1v) is 6.92. The Hall–Kier alpha value is 0.200. The number of thioether (sulfide) groups is 1. The van der Waals surface area contributed by atoms with Crippen molar-refractivity contribution in [3.8, 4) is 0 Å². The molecular weight excluding hydrogens is 268 g/mol. The molecule has 2 heterocycles. The number of hydrogen-bond acceptors (Lipinski definition) is 3. The van der Waals surface area contributed by atoms with Gasteiger partial charge in [0.2, 0.25) is 0 Å². The van der Waals surface area contributed by atoms with E-state index in [1.165, 1.54) is 4.88 Å². The molecule has 0 aliphatic carbocycles. The van der Waals surface area contributed by atoms with Crippen molar-refractivity contribution in [1.82, 2.24) is 0 Å². The molecule has 1 aliphatic heterocycles. The summed E-state index contributed by atoms with van der Waals surface area (Å²) < 4.78 is 1.15. The molecule has 1 fully saturated rings. The molecule has 70 valence electrons. The highest BCUT2D eigenvalue weighted by Crippen LogP contribution is 2.30. The SMILES string of the molecule is O=C1CSCC1Cc1sccc1Br. The monoisotopic (exact) mass is 276 g/mol. The van der Waals surface area contributed by atoms with Crippen molar-refractivity contribution in [2.24, 2.45) is 5.92 Å². The van der Waals surface area contributed by atoms with Gasteiger partial charge in [0.25, 0.3) is 0 Å². The van der Waals surface area contributed by atoms with Crippen LogP contribution < -0.4 is 0 Å². The van der Waals surface area contributed by atoms with E-state index in [2.05, 4.69) is 21.3 Å². The van der Waals surface area contributed by atoms with Gasteiger partial charge in [-0.25, -0.2) is 0 Å². The summed E-state index contributed by atoms with van der Waals surface area (Å²) in [6, 6.07) is 2.05. The Bertz CT molecular complexity index is 321. The van der Waals surface area contributed by atoms with E-state index in [-0.39, 0.29) is 5.92 Å². The van der Waals surface area contributed by atoms with Gasteiger partial charge in [-0.2, -0.15) is 11.8 Å². The summed E-state index contributed by atoms with van der Waals surface area (Å²) in [5, 5.41) is 2.06. The minimum absolute atomic E-state index is 0.264. The number of hydrogen-bond donors (Lipinski definition) is 0. The summed E-state index contributed by atoms with van der Waals surface area (Å²) in [7, 11) is 0. The molecule has 1 aromatic heterocycles. The van der Waals surface area contributed by atoms with Crippen molar-refractivity contribution in [2.45, 2.75) is 6.42 Å². The molecule has 1 unspecified atom stereocenters. The van der Waals surface area contributed by atoms with Crippen molar-refractivity contribution >= 4 is 44.8 Å². The van der Waals surface area contributed by atoms with Crippen molar-refractivity contribution < 1.29 is 4.79 Å². The standard InChI is InChI=1S/C9H9BrOS2/c10-7-1-2-13-9(7)3-6-4-12-5-8(6)11/h1-2,6H,3-5H2. The molecule has 0 saturated carbocycles. The zero-order chi connectivity index (χ0) is 9.26. The quantitative estimate of drug-likeness (QED) is 0.826. The molecule has 0 N–H and O–H groups in total. The second kappa shape index (κ2) is 4.15. The van der Waals surface area contributed by atoms with Crippen LogP contribution in [-0.4, -0.2) is 17.3 Å². The maximum absolute atomic E-state index is 11.4. The molecule has 1 aliphatic rings. The van der Waals surface area contributed by atoms with Crippen LogP contribution in [0.2, 0.25) is 0 Å². The van der Waals surface area contributed by atoms with E-state index < -0.39 is 0 Å². The summed E-state index contributed by atoms with van der Waals surface area (Å²) in [4.78, 5) is 12.7. The van der Waals surface area contributed by atoms with Gasteiger partial charge in [0.05, 0.1) is 5.75 Å².